The minimum absolute atomic E-state index is 0.228. The highest BCUT2D eigenvalue weighted by molar-refractivity contribution is 5.71. The van der Waals surface area contributed by atoms with Crippen LogP contribution in [0, 0.1) is 11.8 Å². The Kier molecular flexibility index (Phi) is 7.79. The SMILES string of the molecule is COc1cc([C@H]2O[C@H](OC)[C@H]3[C@@H]2[C@@H](OC)O[C@@H]3c2ccc(OC(C)=O)c(OC)c2)ccc1OC(C)=O. The molecule has 4 rings (SSSR count). The second kappa shape index (κ2) is 10.8. The van der Waals surface area contributed by atoms with E-state index in [1.807, 2.05) is 12.1 Å². The fraction of sp³-hybridized carbons (Fsp3) is 0.462. The zero-order valence-corrected chi connectivity index (χ0v) is 21.0. The Morgan fingerprint density at radius 2 is 1.03 bits per heavy atom. The van der Waals surface area contributed by atoms with E-state index in [1.54, 1.807) is 38.5 Å². The van der Waals surface area contributed by atoms with Crippen LogP contribution in [0.1, 0.15) is 37.2 Å². The number of ether oxygens (including phenoxy) is 8. The van der Waals surface area contributed by atoms with Crippen molar-refractivity contribution in [3.8, 4) is 23.0 Å². The van der Waals surface area contributed by atoms with Crippen molar-refractivity contribution in [1.82, 2.24) is 0 Å². The monoisotopic (exact) mass is 502 g/mol. The maximum Gasteiger partial charge on any atom is 0.308 e. The predicted octanol–water partition coefficient (Wildman–Crippen LogP) is 3.57. The van der Waals surface area contributed by atoms with Gasteiger partial charge in [-0.05, 0) is 35.4 Å². The summed E-state index contributed by atoms with van der Waals surface area (Å²) < 4.78 is 45.5. The third kappa shape index (κ3) is 4.90. The van der Waals surface area contributed by atoms with Crippen molar-refractivity contribution in [2.75, 3.05) is 28.4 Å². The summed E-state index contributed by atoms with van der Waals surface area (Å²) in [6.07, 6.45) is -2.08. The number of benzene rings is 2. The summed E-state index contributed by atoms with van der Waals surface area (Å²) in [5.74, 6) is 0.0871. The molecule has 0 radical (unpaired) electrons. The van der Waals surface area contributed by atoms with Crippen molar-refractivity contribution in [3.63, 3.8) is 0 Å². The fourth-order valence-corrected chi connectivity index (χ4v) is 4.93. The Hall–Kier alpha value is -3.18. The molecule has 2 heterocycles. The minimum Gasteiger partial charge on any atom is -0.493 e. The van der Waals surface area contributed by atoms with E-state index in [0.29, 0.717) is 23.0 Å². The van der Waals surface area contributed by atoms with E-state index in [2.05, 4.69) is 0 Å². The van der Waals surface area contributed by atoms with Crippen molar-refractivity contribution in [3.05, 3.63) is 47.5 Å². The van der Waals surface area contributed by atoms with Crippen LogP contribution < -0.4 is 18.9 Å². The van der Waals surface area contributed by atoms with Gasteiger partial charge in [0.2, 0.25) is 0 Å². The zero-order chi connectivity index (χ0) is 26.0. The van der Waals surface area contributed by atoms with E-state index in [9.17, 15) is 9.59 Å². The van der Waals surface area contributed by atoms with Gasteiger partial charge in [0.1, 0.15) is 0 Å². The number of fused-ring (bicyclic) bond motifs is 1. The number of hydrogen-bond donors (Lipinski definition) is 0. The molecule has 0 saturated carbocycles. The van der Waals surface area contributed by atoms with Crippen LogP contribution in [0.5, 0.6) is 23.0 Å². The van der Waals surface area contributed by atoms with Gasteiger partial charge in [0, 0.05) is 28.1 Å². The summed E-state index contributed by atoms with van der Waals surface area (Å²) in [7, 11) is 6.16. The van der Waals surface area contributed by atoms with Crippen LogP contribution in [0.2, 0.25) is 0 Å². The molecule has 10 nitrogen and oxygen atoms in total. The molecule has 6 atom stereocenters. The van der Waals surface area contributed by atoms with Gasteiger partial charge in [-0.2, -0.15) is 0 Å². The molecule has 0 N–H and O–H groups in total. The highest BCUT2D eigenvalue weighted by Crippen LogP contribution is 2.57. The van der Waals surface area contributed by atoms with E-state index in [-0.39, 0.29) is 11.8 Å². The van der Waals surface area contributed by atoms with Crippen molar-refractivity contribution in [2.45, 2.75) is 38.6 Å². The van der Waals surface area contributed by atoms with E-state index >= 15 is 0 Å². The lowest BCUT2D eigenvalue weighted by atomic mass is 9.83. The van der Waals surface area contributed by atoms with E-state index < -0.39 is 36.7 Å². The van der Waals surface area contributed by atoms with Crippen LogP contribution in [0.4, 0.5) is 0 Å². The van der Waals surface area contributed by atoms with Crippen LogP contribution in [0.25, 0.3) is 0 Å². The van der Waals surface area contributed by atoms with Gasteiger partial charge >= 0.3 is 11.9 Å². The van der Waals surface area contributed by atoms with Gasteiger partial charge in [0.15, 0.2) is 35.6 Å². The first-order chi connectivity index (χ1) is 17.3. The van der Waals surface area contributed by atoms with Crippen molar-refractivity contribution in [2.24, 2.45) is 11.8 Å². The third-order valence-electron chi connectivity index (χ3n) is 6.34. The maximum atomic E-state index is 11.4. The second-order valence-electron chi connectivity index (χ2n) is 8.48. The molecule has 0 bridgehead atoms. The molecule has 0 amide bonds. The molecule has 36 heavy (non-hydrogen) atoms. The highest BCUT2D eigenvalue weighted by Gasteiger charge is 2.59. The Morgan fingerprint density at radius 1 is 0.639 bits per heavy atom. The first-order valence-corrected chi connectivity index (χ1v) is 11.4. The lowest BCUT2D eigenvalue weighted by Crippen LogP contribution is -2.26. The van der Waals surface area contributed by atoms with Crippen molar-refractivity contribution in [1.29, 1.82) is 0 Å². The number of carbonyl (C=O) groups is 2. The number of rotatable bonds is 8. The van der Waals surface area contributed by atoms with Gasteiger partial charge in [-0.1, -0.05) is 12.1 Å². The molecule has 0 aliphatic carbocycles. The van der Waals surface area contributed by atoms with Gasteiger partial charge in [0.25, 0.3) is 0 Å². The predicted molar refractivity (Wildman–Crippen MR) is 125 cm³/mol. The summed E-state index contributed by atoms with van der Waals surface area (Å²) in [6, 6.07) is 10.5. The molecule has 2 aliphatic rings. The van der Waals surface area contributed by atoms with Crippen LogP contribution >= 0.6 is 0 Å². The van der Waals surface area contributed by atoms with E-state index in [1.165, 1.54) is 28.1 Å². The molecule has 194 valence electrons. The molecule has 2 aromatic rings. The van der Waals surface area contributed by atoms with Gasteiger partial charge in [0.05, 0.1) is 38.3 Å². The molecule has 0 unspecified atom stereocenters. The molecule has 0 aromatic heterocycles. The summed E-state index contributed by atoms with van der Waals surface area (Å²) in [5, 5.41) is 0. The molecule has 10 heteroatoms. The van der Waals surface area contributed by atoms with Crippen molar-refractivity contribution < 1.29 is 47.5 Å². The van der Waals surface area contributed by atoms with Crippen molar-refractivity contribution >= 4 is 11.9 Å². The smallest absolute Gasteiger partial charge is 0.308 e. The molecular weight excluding hydrogens is 472 g/mol. The topological polar surface area (TPSA) is 108 Å². The molecule has 2 aliphatic heterocycles. The standard InChI is InChI=1S/C26H30O10/c1-13(27)33-17-9-7-15(11-19(17)29-3)23-21-22(26(32-6)35-23)24(36-25(21)31-5)16-8-10-18(34-14(2)28)20(12-16)30-4/h7-12,21-26H,1-6H3/t21-,22-,23+,24+,25-,26-/m0/s1. The van der Waals surface area contributed by atoms with E-state index in [4.69, 9.17) is 37.9 Å². The number of methoxy groups -OCH3 is 4. The lowest BCUT2D eigenvalue weighted by Gasteiger charge is -2.24. The summed E-state index contributed by atoms with van der Waals surface area (Å²) in [4.78, 5) is 22.9. The Morgan fingerprint density at radius 3 is 1.33 bits per heavy atom. The quantitative estimate of drug-likeness (QED) is 0.393. The van der Waals surface area contributed by atoms with Gasteiger partial charge in [-0.3, -0.25) is 9.59 Å². The minimum atomic E-state index is -0.594. The average molecular weight is 503 g/mol. The van der Waals surface area contributed by atoms with Gasteiger partial charge < -0.3 is 37.9 Å². The van der Waals surface area contributed by atoms with E-state index in [0.717, 1.165) is 11.1 Å². The van der Waals surface area contributed by atoms with Gasteiger partial charge in [-0.15, -0.1) is 0 Å². The lowest BCUT2D eigenvalue weighted by molar-refractivity contribution is -0.190. The highest BCUT2D eigenvalue weighted by atomic mass is 16.7. The van der Waals surface area contributed by atoms with Crippen LogP contribution in [-0.4, -0.2) is 53.0 Å². The zero-order valence-electron chi connectivity index (χ0n) is 21.0. The fourth-order valence-electron chi connectivity index (χ4n) is 4.93. The molecule has 2 fully saturated rings. The van der Waals surface area contributed by atoms with Crippen LogP contribution in [0.15, 0.2) is 36.4 Å². The Balaban J connectivity index is 1.69. The number of esters is 2. The average Bonchev–Trinajstić information content (AvgIpc) is 3.42. The Labute approximate surface area is 209 Å². The second-order valence-corrected chi connectivity index (χ2v) is 8.48. The number of hydrogen-bond acceptors (Lipinski definition) is 10. The first kappa shape index (κ1) is 25.9. The van der Waals surface area contributed by atoms with Crippen LogP contribution in [-0.2, 0) is 28.5 Å². The summed E-state index contributed by atoms with van der Waals surface area (Å²) >= 11 is 0. The molecule has 0 spiro atoms. The van der Waals surface area contributed by atoms with Gasteiger partial charge in [-0.25, -0.2) is 0 Å². The maximum absolute atomic E-state index is 11.4. The third-order valence-corrected chi connectivity index (χ3v) is 6.34. The molecule has 2 saturated heterocycles. The first-order valence-electron chi connectivity index (χ1n) is 11.4. The normalized spacial score (nSPS) is 26.8. The largest absolute Gasteiger partial charge is 0.493 e. The summed E-state index contributed by atoms with van der Waals surface area (Å²) in [6.45, 7) is 2.66. The molecular formula is C26H30O10. The molecule has 2 aromatic carbocycles. The summed E-state index contributed by atoms with van der Waals surface area (Å²) in [5.41, 5.74) is 1.60. The van der Waals surface area contributed by atoms with Crippen LogP contribution in [0.3, 0.4) is 0 Å². The number of carbonyl (C=O) groups excluding carboxylic acids is 2. The Bertz CT molecular complexity index is 1030.